The van der Waals surface area contributed by atoms with Crippen LogP contribution in [0.1, 0.15) is 22.4 Å². The normalized spacial score (nSPS) is 11.1. The molecule has 36 heavy (non-hydrogen) atoms. The molecule has 0 bridgehead atoms. The van der Waals surface area contributed by atoms with Crippen molar-refractivity contribution in [3.63, 3.8) is 0 Å². The Kier molecular flexibility index (Phi) is 7.74. The number of benzene rings is 3. The molecule has 0 aliphatic rings. The minimum Gasteiger partial charge on any atom is -0.487 e. The van der Waals surface area contributed by atoms with Crippen molar-refractivity contribution in [2.75, 3.05) is 5.73 Å². The lowest BCUT2D eigenvalue weighted by molar-refractivity contribution is 0.306. The molecule has 0 spiro atoms. The monoisotopic (exact) mass is 553 g/mol. The summed E-state index contributed by atoms with van der Waals surface area (Å²) in [5, 5.41) is 25.7. The summed E-state index contributed by atoms with van der Waals surface area (Å²) in [6, 6.07) is 21.3. The van der Waals surface area contributed by atoms with Crippen molar-refractivity contribution in [2.45, 2.75) is 6.61 Å². The number of nitrogens with two attached hydrogens (primary N) is 1. The average molecular weight is 555 g/mol. The summed E-state index contributed by atoms with van der Waals surface area (Å²) in [5.74, 6) is 0.381. The van der Waals surface area contributed by atoms with E-state index in [2.05, 4.69) is 11.2 Å². The Morgan fingerprint density at radius 2 is 1.69 bits per heavy atom. The summed E-state index contributed by atoms with van der Waals surface area (Å²) in [7, 11) is 0. The standard InChI is InChI=1S/C26H15Cl4N5O/c27-18-7-6-15(22(29)10-18)14-36-25-16(9-19(28)11-23(25)30)8-17(12-31)24-21(13-32)26(33)35(34-24)20-4-2-1-3-5-20/h1-11H,14,33H2. The number of hydrogen-bond acceptors (Lipinski definition) is 5. The van der Waals surface area contributed by atoms with E-state index in [0.29, 0.717) is 31.9 Å². The van der Waals surface area contributed by atoms with E-state index >= 15 is 0 Å². The number of rotatable bonds is 6. The van der Waals surface area contributed by atoms with Gasteiger partial charge in [0.15, 0.2) is 0 Å². The van der Waals surface area contributed by atoms with Crippen molar-refractivity contribution >= 4 is 63.9 Å². The quantitative estimate of drug-likeness (QED) is 0.247. The van der Waals surface area contributed by atoms with Crippen molar-refractivity contribution in [2.24, 2.45) is 0 Å². The number of para-hydroxylation sites is 1. The maximum atomic E-state index is 9.98. The van der Waals surface area contributed by atoms with Crippen LogP contribution in [0.15, 0.2) is 60.7 Å². The first-order chi connectivity index (χ1) is 17.3. The van der Waals surface area contributed by atoms with Gasteiger partial charge in [-0.3, -0.25) is 0 Å². The molecule has 0 unspecified atom stereocenters. The number of hydrogen-bond donors (Lipinski definition) is 1. The van der Waals surface area contributed by atoms with Crippen molar-refractivity contribution < 1.29 is 4.74 Å². The third-order valence-electron chi connectivity index (χ3n) is 5.13. The number of nitriles is 2. The van der Waals surface area contributed by atoms with Crippen LogP contribution in [0.2, 0.25) is 20.1 Å². The second kappa shape index (κ2) is 11.0. The van der Waals surface area contributed by atoms with Gasteiger partial charge in [-0.15, -0.1) is 0 Å². The zero-order valence-electron chi connectivity index (χ0n) is 18.3. The SMILES string of the molecule is N#CC(=Cc1cc(Cl)cc(Cl)c1OCc1ccc(Cl)cc1Cl)c1nn(-c2ccccc2)c(N)c1C#N. The largest absolute Gasteiger partial charge is 0.487 e. The van der Waals surface area contributed by atoms with Gasteiger partial charge in [0.05, 0.1) is 16.3 Å². The third-order valence-corrected chi connectivity index (χ3v) is 6.22. The van der Waals surface area contributed by atoms with E-state index in [9.17, 15) is 10.5 Å². The first kappa shape index (κ1) is 25.4. The molecule has 6 nitrogen and oxygen atoms in total. The second-order valence-electron chi connectivity index (χ2n) is 7.47. The predicted molar refractivity (Wildman–Crippen MR) is 143 cm³/mol. The fourth-order valence-corrected chi connectivity index (χ4v) is 4.46. The lowest BCUT2D eigenvalue weighted by Gasteiger charge is -2.13. The van der Waals surface area contributed by atoms with Gasteiger partial charge >= 0.3 is 0 Å². The van der Waals surface area contributed by atoms with Gasteiger partial charge in [0.25, 0.3) is 0 Å². The van der Waals surface area contributed by atoms with Gasteiger partial charge < -0.3 is 10.5 Å². The molecule has 0 atom stereocenters. The van der Waals surface area contributed by atoms with E-state index in [1.807, 2.05) is 24.3 Å². The molecule has 2 N–H and O–H groups in total. The van der Waals surface area contributed by atoms with Gasteiger partial charge in [0.1, 0.15) is 41.6 Å². The van der Waals surface area contributed by atoms with E-state index in [-0.39, 0.29) is 40.0 Å². The minimum absolute atomic E-state index is 0.0650. The van der Waals surface area contributed by atoms with Crippen molar-refractivity contribution in [1.29, 1.82) is 10.5 Å². The maximum Gasteiger partial charge on any atom is 0.145 e. The van der Waals surface area contributed by atoms with E-state index < -0.39 is 0 Å². The number of ether oxygens (including phenoxy) is 1. The molecule has 10 heteroatoms. The van der Waals surface area contributed by atoms with Gasteiger partial charge in [0, 0.05) is 26.2 Å². The molecule has 1 aromatic heterocycles. The lowest BCUT2D eigenvalue weighted by atomic mass is 10.1. The Bertz CT molecular complexity index is 1570. The van der Waals surface area contributed by atoms with Crippen LogP contribution in [-0.4, -0.2) is 9.78 Å². The molecule has 0 saturated heterocycles. The molecule has 0 aliphatic heterocycles. The van der Waals surface area contributed by atoms with Crippen LogP contribution in [-0.2, 0) is 6.61 Å². The Morgan fingerprint density at radius 3 is 2.36 bits per heavy atom. The molecule has 1 heterocycles. The van der Waals surface area contributed by atoms with E-state index in [1.165, 1.54) is 16.8 Å². The van der Waals surface area contributed by atoms with Gasteiger partial charge in [0.2, 0.25) is 0 Å². The van der Waals surface area contributed by atoms with E-state index in [4.69, 9.17) is 56.9 Å². The summed E-state index contributed by atoms with van der Waals surface area (Å²) < 4.78 is 7.39. The number of aromatic nitrogens is 2. The number of nitrogens with zero attached hydrogens (tertiary/aromatic N) is 4. The predicted octanol–water partition coefficient (Wildman–Crippen LogP) is 7.58. The molecule has 0 amide bonds. The van der Waals surface area contributed by atoms with Crippen LogP contribution in [0.3, 0.4) is 0 Å². The van der Waals surface area contributed by atoms with Crippen LogP contribution in [0.4, 0.5) is 5.82 Å². The highest BCUT2D eigenvalue weighted by Crippen LogP contribution is 2.37. The molecule has 4 rings (SSSR count). The van der Waals surface area contributed by atoms with Crippen LogP contribution in [0.5, 0.6) is 5.75 Å². The first-order valence-corrected chi connectivity index (χ1v) is 11.9. The summed E-state index contributed by atoms with van der Waals surface area (Å²) in [6.45, 7) is 0.0824. The highest BCUT2D eigenvalue weighted by atomic mass is 35.5. The number of anilines is 1. The van der Waals surface area contributed by atoms with Gasteiger partial charge in [-0.2, -0.15) is 15.6 Å². The van der Waals surface area contributed by atoms with Gasteiger partial charge in [-0.25, -0.2) is 4.68 Å². The summed E-state index contributed by atoms with van der Waals surface area (Å²) >= 11 is 24.9. The summed E-state index contributed by atoms with van der Waals surface area (Å²) in [4.78, 5) is 0. The molecule has 3 aromatic carbocycles. The molecule has 0 fully saturated rings. The second-order valence-corrected chi connectivity index (χ2v) is 9.16. The molecule has 0 aliphatic carbocycles. The topological polar surface area (TPSA) is 101 Å². The van der Waals surface area contributed by atoms with Crippen LogP contribution in [0.25, 0.3) is 17.3 Å². The fraction of sp³-hybridized carbons (Fsp3) is 0.0385. The van der Waals surface area contributed by atoms with Crippen molar-refractivity contribution in [1.82, 2.24) is 9.78 Å². The third kappa shape index (κ3) is 5.28. The van der Waals surface area contributed by atoms with Gasteiger partial charge in [-0.1, -0.05) is 70.7 Å². The summed E-state index contributed by atoms with van der Waals surface area (Å²) in [5.41, 5.74) is 8.19. The fourth-order valence-electron chi connectivity index (χ4n) is 3.43. The number of halogens is 4. The maximum absolute atomic E-state index is 9.98. The molecular weight excluding hydrogens is 540 g/mol. The van der Waals surface area contributed by atoms with Gasteiger partial charge in [-0.05, 0) is 42.5 Å². The Labute approximate surface area is 227 Å². The average Bonchev–Trinajstić information content (AvgIpc) is 3.19. The number of nitrogen functional groups attached to an aromatic ring is 1. The zero-order chi connectivity index (χ0) is 25.8. The molecule has 0 radical (unpaired) electrons. The molecule has 4 aromatic rings. The first-order valence-electron chi connectivity index (χ1n) is 10.3. The van der Waals surface area contributed by atoms with E-state index in [1.54, 1.807) is 36.4 Å². The zero-order valence-corrected chi connectivity index (χ0v) is 21.4. The van der Waals surface area contributed by atoms with Crippen molar-refractivity contribution in [3.8, 4) is 23.6 Å². The van der Waals surface area contributed by atoms with Crippen LogP contribution in [0, 0.1) is 22.7 Å². The molecule has 0 saturated carbocycles. The minimum atomic E-state index is 0.0650. The smallest absolute Gasteiger partial charge is 0.145 e. The molecule has 178 valence electrons. The Balaban J connectivity index is 1.78. The Hall–Kier alpha value is -3.65. The lowest BCUT2D eigenvalue weighted by Crippen LogP contribution is -2.02. The van der Waals surface area contributed by atoms with E-state index in [0.717, 1.165) is 0 Å². The summed E-state index contributed by atoms with van der Waals surface area (Å²) in [6.07, 6.45) is 1.49. The highest BCUT2D eigenvalue weighted by Gasteiger charge is 2.21. The van der Waals surface area contributed by atoms with Crippen molar-refractivity contribution in [3.05, 3.63) is 103 Å². The highest BCUT2D eigenvalue weighted by molar-refractivity contribution is 6.36. The van der Waals surface area contributed by atoms with Crippen LogP contribution < -0.4 is 10.5 Å². The number of allylic oxidation sites excluding steroid dienone is 1. The van der Waals surface area contributed by atoms with Crippen LogP contribution >= 0.6 is 46.4 Å². The molecular formula is C26H15Cl4N5O. The Morgan fingerprint density at radius 1 is 0.972 bits per heavy atom.